The molecule has 1 aromatic heterocycles. The standard InChI is InChI=1S/C28H20FN3S/c29-22-15-13-21(14-16-22)25-17-27(24-12-6-10-19-7-4-5-11-23(19)24)32(31-25)28-30-26(18-33-28)20-8-2-1-3-9-20/h1-16,18,27H,17H2. The number of hydrogen-bond donors (Lipinski definition) is 0. The van der Waals surface area contributed by atoms with Crippen molar-refractivity contribution in [2.45, 2.75) is 12.5 Å². The summed E-state index contributed by atoms with van der Waals surface area (Å²) in [4.78, 5) is 4.94. The molecule has 0 amide bonds. The number of fused-ring (bicyclic) bond motifs is 1. The lowest BCUT2D eigenvalue weighted by Crippen LogP contribution is -2.18. The number of aromatic nitrogens is 1. The maximum Gasteiger partial charge on any atom is 0.207 e. The summed E-state index contributed by atoms with van der Waals surface area (Å²) in [5, 5.41) is 12.4. The lowest BCUT2D eigenvalue weighted by atomic mass is 9.94. The molecule has 0 N–H and O–H groups in total. The fourth-order valence-electron chi connectivity index (χ4n) is 4.40. The highest BCUT2D eigenvalue weighted by Crippen LogP contribution is 2.41. The van der Waals surface area contributed by atoms with E-state index in [1.807, 2.05) is 23.2 Å². The number of anilines is 1. The topological polar surface area (TPSA) is 28.5 Å². The first-order chi connectivity index (χ1) is 16.3. The number of hydrogen-bond acceptors (Lipinski definition) is 4. The van der Waals surface area contributed by atoms with Crippen molar-refractivity contribution >= 4 is 33.0 Å². The zero-order valence-corrected chi connectivity index (χ0v) is 18.5. The first kappa shape index (κ1) is 19.8. The summed E-state index contributed by atoms with van der Waals surface area (Å²) < 4.78 is 13.5. The summed E-state index contributed by atoms with van der Waals surface area (Å²) in [5.74, 6) is -0.243. The van der Waals surface area contributed by atoms with Gasteiger partial charge in [0.25, 0.3) is 0 Å². The Morgan fingerprint density at radius 2 is 1.55 bits per heavy atom. The second-order valence-corrected chi connectivity index (χ2v) is 8.90. The first-order valence-corrected chi connectivity index (χ1v) is 11.8. The van der Waals surface area contributed by atoms with Gasteiger partial charge in [-0.25, -0.2) is 14.4 Å². The van der Waals surface area contributed by atoms with E-state index >= 15 is 0 Å². The molecule has 1 aliphatic heterocycles. The zero-order valence-electron chi connectivity index (χ0n) is 17.7. The monoisotopic (exact) mass is 449 g/mol. The van der Waals surface area contributed by atoms with Crippen molar-refractivity contribution in [3.8, 4) is 11.3 Å². The third kappa shape index (κ3) is 3.70. The average molecular weight is 450 g/mol. The van der Waals surface area contributed by atoms with Gasteiger partial charge < -0.3 is 0 Å². The van der Waals surface area contributed by atoms with Crippen LogP contribution >= 0.6 is 11.3 Å². The van der Waals surface area contributed by atoms with E-state index in [0.29, 0.717) is 0 Å². The SMILES string of the molecule is Fc1ccc(C2=NN(c3nc(-c4ccccc4)cs3)C(c3cccc4ccccc34)C2)cc1. The average Bonchev–Trinajstić information content (AvgIpc) is 3.53. The summed E-state index contributed by atoms with van der Waals surface area (Å²) in [5.41, 5.74) is 5.11. The van der Waals surface area contributed by atoms with Crippen LogP contribution in [0.2, 0.25) is 0 Å². The van der Waals surface area contributed by atoms with Crippen molar-refractivity contribution in [2.24, 2.45) is 5.10 Å². The minimum atomic E-state index is -0.243. The molecular weight excluding hydrogens is 429 g/mol. The van der Waals surface area contributed by atoms with Gasteiger partial charge >= 0.3 is 0 Å². The highest BCUT2D eigenvalue weighted by Gasteiger charge is 2.32. The molecule has 1 unspecified atom stereocenters. The Morgan fingerprint density at radius 3 is 2.39 bits per heavy atom. The molecule has 0 fully saturated rings. The quantitative estimate of drug-likeness (QED) is 0.285. The summed E-state index contributed by atoms with van der Waals surface area (Å²) in [6.07, 6.45) is 0.722. The summed E-state index contributed by atoms with van der Waals surface area (Å²) >= 11 is 1.59. The summed E-state index contributed by atoms with van der Waals surface area (Å²) in [6.45, 7) is 0. The molecule has 33 heavy (non-hydrogen) atoms. The predicted molar refractivity (Wildman–Crippen MR) is 134 cm³/mol. The fraction of sp³-hybridized carbons (Fsp3) is 0.0714. The van der Waals surface area contributed by atoms with E-state index in [0.717, 1.165) is 34.1 Å². The van der Waals surface area contributed by atoms with Crippen LogP contribution in [-0.2, 0) is 0 Å². The molecule has 0 spiro atoms. The van der Waals surface area contributed by atoms with E-state index in [1.54, 1.807) is 23.5 Å². The van der Waals surface area contributed by atoms with Gasteiger partial charge in [-0.05, 0) is 34.0 Å². The Hall–Kier alpha value is -3.83. The smallest absolute Gasteiger partial charge is 0.207 e. The van der Waals surface area contributed by atoms with Crippen molar-refractivity contribution in [1.29, 1.82) is 0 Å². The molecule has 2 heterocycles. The number of hydrazone groups is 1. The molecule has 1 atom stereocenters. The molecule has 3 nitrogen and oxygen atoms in total. The molecule has 0 saturated heterocycles. The summed E-state index contributed by atoms with van der Waals surface area (Å²) in [7, 11) is 0. The van der Waals surface area contributed by atoms with Gasteiger partial charge in [-0.1, -0.05) is 84.9 Å². The Kier molecular flexibility index (Phi) is 4.96. The Bertz CT molecular complexity index is 1450. The van der Waals surface area contributed by atoms with Crippen LogP contribution in [0.1, 0.15) is 23.6 Å². The van der Waals surface area contributed by atoms with E-state index in [9.17, 15) is 4.39 Å². The third-order valence-corrected chi connectivity index (χ3v) is 6.86. The second kappa shape index (κ2) is 8.26. The highest BCUT2D eigenvalue weighted by atomic mass is 32.1. The Morgan fingerprint density at radius 1 is 0.788 bits per heavy atom. The van der Waals surface area contributed by atoms with Crippen LogP contribution in [0.15, 0.2) is 108 Å². The van der Waals surface area contributed by atoms with Crippen molar-refractivity contribution in [3.05, 3.63) is 119 Å². The van der Waals surface area contributed by atoms with Crippen molar-refractivity contribution in [1.82, 2.24) is 4.98 Å². The van der Waals surface area contributed by atoms with Crippen LogP contribution in [0.3, 0.4) is 0 Å². The van der Waals surface area contributed by atoms with E-state index in [2.05, 4.69) is 60.0 Å². The van der Waals surface area contributed by atoms with Crippen molar-refractivity contribution < 1.29 is 4.39 Å². The maximum absolute atomic E-state index is 13.5. The van der Waals surface area contributed by atoms with E-state index in [1.165, 1.54) is 28.5 Å². The van der Waals surface area contributed by atoms with Crippen molar-refractivity contribution in [3.63, 3.8) is 0 Å². The molecule has 1 aliphatic rings. The van der Waals surface area contributed by atoms with Gasteiger partial charge in [-0.3, -0.25) is 0 Å². The number of nitrogens with zero attached hydrogens (tertiary/aromatic N) is 3. The second-order valence-electron chi connectivity index (χ2n) is 8.07. The van der Waals surface area contributed by atoms with E-state index in [4.69, 9.17) is 10.1 Å². The van der Waals surface area contributed by atoms with Crippen LogP contribution in [0.5, 0.6) is 0 Å². The van der Waals surface area contributed by atoms with Gasteiger partial charge in [-0.2, -0.15) is 5.10 Å². The van der Waals surface area contributed by atoms with E-state index < -0.39 is 0 Å². The Labute approximate surface area is 195 Å². The number of benzene rings is 4. The molecule has 0 bridgehead atoms. The van der Waals surface area contributed by atoms with Crippen LogP contribution < -0.4 is 5.01 Å². The minimum Gasteiger partial charge on any atom is -0.231 e. The zero-order chi connectivity index (χ0) is 22.2. The third-order valence-electron chi connectivity index (χ3n) is 6.03. The van der Waals surface area contributed by atoms with Gasteiger partial charge in [0, 0.05) is 17.4 Å². The van der Waals surface area contributed by atoms with Gasteiger partial charge in [0.15, 0.2) is 0 Å². The molecule has 5 heteroatoms. The molecule has 4 aromatic carbocycles. The highest BCUT2D eigenvalue weighted by molar-refractivity contribution is 7.14. The van der Waals surface area contributed by atoms with Gasteiger partial charge in [0.2, 0.25) is 5.13 Å². The molecule has 6 rings (SSSR count). The normalized spacial score (nSPS) is 15.7. The van der Waals surface area contributed by atoms with E-state index in [-0.39, 0.29) is 11.9 Å². The largest absolute Gasteiger partial charge is 0.231 e. The number of halogens is 1. The minimum absolute atomic E-state index is 0.00549. The summed E-state index contributed by atoms with van der Waals surface area (Å²) in [6, 6.07) is 31.6. The van der Waals surface area contributed by atoms with Gasteiger partial charge in [0.1, 0.15) is 5.82 Å². The maximum atomic E-state index is 13.5. The molecule has 0 aliphatic carbocycles. The predicted octanol–water partition coefficient (Wildman–Crippen LogP) is 7.46. The molecular formula is C28H20FN3S. The first-order valence-electron chi connectivity index (χ1n) is 10.9. The van der Waals surface area contributed by atoms with Crippen LogP contribution in [0.25, 0.3) is 22.0 Å². The van der Waals surface area contributed by atoms with Crippen LogP contribution in [-0.4, -0.2) is 10.7 Å². The molecule has 5 aromatic rings. The van der Waals surface area contributed by atoms with Gasteiger partial charge in [-0.15, -0.1) is 11.3 Å². The Balaban J connectivity index is 1.45. The number of rotatable bonds is 4. The molecule has 160 valence electrons. The van der Waals surface area contributed by atoms with Crippen molar-refractivity contribution in [2.75, 3.05) is 5.01 Å². The van der Waals surface area contributed by atoms with Crippen LogP contribution in [0.4, 0.5) is 9.52 Å². The molecule has 0 saturated carbocycles. The van der Waals surface area contributed by atoms with Gasteiger partial charge in [0.05, 0.1) is 17.4 Å². The molecule has 0 radical (unpaired) electrons. The lowest BCUT2D eigenvalue weighted by molar-refractivity contribution is 0.627. The lowest BCUT2D eigenvalue weighted by Gasteiger charge is -2.22. The number of thiazole rings is 1. The van der Waals surface area contributed by atoms with Crippen LogP contribution in [0, 0.1) is 5.82 Å². The fourth-order valence-corrected chi connectivity index (χ4v) is 5.23.